The van der Waals surface area contributed by atoms with Crippen LogP contribution in [0.2, 0.25) is 0 Å². The van der Waals surface area contributed by atoms with E-state index in [4.69, 9.17) is 4.74 Å². The van der Waals surface area contributed by atoms with Gasteiger partial charge in [-0.25, -0.2) is 0 Å². The number of methoxy groups -OCH3 is 1. The minimum atomic E-state index is 0.795. The Bertz CT molecular complexity index is 226. The van der Waals surface area contributed by atoms with E-state index in [1.807, 2.05) is 18.2 Å². The van der Waals surface area contributed by atoms with Crippen molar-refractivity contribution in [1.29, 1.82) is 0 Å². The van der Waals surface area contributed by atoms with E-state index in [0.29, 0.717) is 0 Å². The van der Waals surface area contributed by atoms with Crippen LogP contribution in [-0.2, 0) is 4.74 Å². The summed E-state index contributed by atoms with van der Waals surface area (Å²) in [4.78, 5) is 0. The van der Waals surface area contributed by atoms with Crippen molar-refractivity contribution in [1.82, 2.24) is 0 Å². The minimum Gasteiger partial charge on any atom is -0.384 e. The van der Waals surface area contributed by atoms with E-state index in [1.54, 1.807) is 7.11 Å². The average molecular weight is 162 g/mol. The van der Waals surface area contributed by atoms with Crippen LogP contribution in [0, 0.1) is 0 Å². The second-order valence-electron chi connectivity index (χ2n) is 2.59. The summed E-state index contributed by atoms with van der Waals surface area (Å²) in [6, 6.07) is 10.3. The summed E-state index contributed by atoms with van der Waals surface area (Å²) < 4.78 is 4.93. The molecule has 0 aliphatic heterocycles. The zero-order valence-corrected chi connectivity index (χ0v) is 7.36. The molecule has 1 aromatic rings. The summed E-state index contributed by atoms with van der Waals surface area (Å²) in [6.45, 7) is 0.795. The minimum absolute atomic E-state index is 0.795. The molecule has 0 radical (unpaired) electrons. The summed E-state index contributed by atoms with van der Waals surface area (Å²) in [5.41, 5.74) is 1.24. The average Bonchev–Trinajstić information content (AvgIpc) is 2.14. The van der Waals surface area contributed by atoms with Gasteiger partial charge < -0.3 is 4.74 Å². The molecular weight excluding hydrogens is 148 g/mol. The Balaban J connectivity index is 2.36. The van der Waals surface area contributed by atoms with Crippen molar-refractivity contribution in [3.05, 3.63) is 42.0 Å². The fourth-order valence-electron chi connectivity index (χ4n) is 0.969. The maximum atomic E-state index is 4.93. The SMILES string of the molecule is COCC/C=C/c1ccccc1. The third kappa shape index (κ3) is 3.35. The molecule has 0 aliphatic carbocycles. The lowest BCUT2D eigenvalue weighted by Crippen LogP contribution is -1.83. The Kier molecular flexibility index (Phi) is 4.17. The first kappa shape index (κ1) is 9.01. The van der Waals surface area contributed by atoms with Gasteiger partial charge in [0.1, 0.15) is 0 Å². The Morgan fingerprint density at radius 3 is 2.67 bits per heavy atom. The summed E-state index contributed by atoms with van der Waals surface area (Å²) in [6.07, 6.45) is 5.21. The van der Waals surface area contributed by atoms with Crippen molar-refractivity contribution in [3.8, 4) is 0 Å². The molecule has 0 aliphatic rings. The summed E-state index contributed by atoms with van der Waals surface area (Å²) in [7, 11) is 1.72. The third-order valence-electron chi connectivity index (χ3n) is 1.60. The molecule has 1 rings (SSSR count). The molecule has 0 spiro atoms. The molecule has 1 nitrogen and oxygen atoms in total. The maximum absolute atomic E-state index is 4.93. The Hall–Kier alpha value is -1.08. The van der Waals surface area contributed by atoms with E-state index >= 15 is 0 Å². The number of benzene rings is 1. The van der Waals surface area contributed by atoms with Crippen LogP contribution in [0.25, 0.3) is 6.08 Å². The van der Waals surface area contributed by atoms with E-state index in [2.05, 4.69) is 24.3 Å². The van der Waals surface area contributed by atoms with Crippen LogP contribution in [0.15, 0.2) is 36.4 Å². The van der Waals surface area contributed by atoms with Crippen molar-refractivity contribution in [2.45, 2.75) is 6.42 Å². The molecule has 0 heterocycles. The Morgan fingerprint density at radius 1 is 1.25 bits per heavy atom. The molecule has 0 fully saturated rings. The predicted molar refractivity (Wildman–Crippen MR) is 52.0 cm³/mol. The Labute approximate surface area is 73.7 Å². The molecule has 0 saturated carbocycles. The van der Waals surface area contributed by atoms with E-state index in [0.717, 1.165) is 13.0 Å². The highest BCUT2D eigenvalue weighted by Crippen LogP contribution is 2.01. The van der Waals surface area contributed by atoms with Gasteiger partial charge in [0, 0.05) is 13.7 Å². The van der Waals surface area contributed by atoms with Gasteiger partial charge in [0.05, 0.1) is 0 Å². The molecule has 0 amide bonds. The normalized spacial score (nSPS) is 10.8. The molecule has 1 aromatic carbocycles. The molecule has 64 valence electrons. The Morgan fingerprint density at radius 2 is 2.00 bits per heavy atom. The van der Waals surface area contributed by atoms with Crippen LogP contribution in [0.3, 0.4) is 0 Å². The number of rotatable bonds is 4. The fraction of sp³-hybridized carbons (Fsp3) is 0.273. The standard InChI is InChI=1S/C11H14O/c1-12-10-6-5-9-11-7-3-2-4-8-11/h2-5,7-9H,6,10H2,1H3/b9-5+. The van der Waals surface area contributed by atoms with Crippen LogP contribution >= 0.6 is 0 Å². The number of hydrogen-bond acceptors (Lipinski definition) is 1. The highest BCUT2D eigenvalue weighted by molar-refractivity contribution is 5.48. The van der Waals surface area contributed by atoms with Gasteiger partial charge in [-0.1, -0.05) is 42.5 Å². The lowest BCUT2D eigenvalue weighted by atomic mass is 10.2. The van der Waals surface area contributed by atoms with Gasteiger partial charge in [-0.2, -0.15) is 0 Å². The first-order valence-corrected chi connectivity index (χ1v) is 4.14. The second-order valence-corrected chi connectivity index (χ2v) is 2.59. The molecule has 0 N–H and O–H groups in total. The zero-order chi connectivity index (χ0) is 8.65. The largest absolute Gasteiger partial charge is 0.384 e. The highest BCUT2D eigenvalue weighted by Gasteiger charge is 1.81. The first-order valence-electron chi connectivity index (χ1n) is 4.14. The molecule has 0 bridgehead atoms. The van der Waals surface area contributed by atoms with Gasteiger partial charge in [-0.15, -0.1) is 0 Å². The van der Waals surface area contributed by atoms with Gasteiger partial charge in [-0.3, -0.25) is 0 Å². The lowest BCUT2D eigenvalue weighted by molar-refractivity contribution is 0.204. The first-order chi connectivity index (χ1) is 5.93. The van der Waals surface area contributed by atoms with E-state index in [-0.39, 0.29) is 0 Å². The predicted octanol–water partition coefficient (Wildman–Crippen LogP) is 2.74. The van der Waals surface area contributed by atoms with Crippen molar-refractivity contribution in [2.75, 3.05) is 13.7 Å². The van der Waals surface area contributed by atoms with Crippen molar-refractivity contribution in [2.24, 2.45) is 0 Å². The molecule has 0 unspecified atom stereocenters. The monoisotopic (exact) mass is 162 g/mol. The van der Waals surface area contributed by atoms with Crippen LogP contribution in [0.1, 0.15) is 12.0 Å². The van der Waals surface area contributed by atoms with Gasteiger partial charge in [0.15, 0.2) is 0 Å². The molecule has 1 heteroatoms. The van der Waals surface area contributed by atoms with Gasteiger partial charge in [-0.05, 0) is 12.0 Å². The second kappa shape index (κ2) is 5.56. The zero-order valence-electron chi connectivity index (χ0n) is 7.36. The lowest BCUT2D eigenvalue weighted by Gasteiger charge is -1.92. The summed E-state index contributed by atoms with van der Waals surface area (Å²) in [5.74, 6) is 0. The van der Waals surface area contributed by atoms with Crippen LogP contribution in [0.4, 0.5) is 0 Å². The van der Waals surface area contributed by atoms with Gasteiger partial charge >= 0.3 is 0 Å². The molecular formula is C11H14O. The van der Waals surface area contributed by atoms with E-state index < -0.39 is 0 Å². The smallest absolute Gasteiger partial charge is 0.0496 e. The number of hydrogen-bond donors (Lipinski definition) is 0. The van der Waals surface area contributed by atoms with Gasteiger partial charge in [0.2, 0.25) is 0 Å². The molecule has 0 aromatic heterocycles. The quantitative estimate of drug-likeness (QED) is 0.618. The van der Waals surface area contributed by atoms with Crippen LogP contribution in [0.5, 0.6) is 0 Å². The molecule has 0 atom stereocenters. The topological polar surface area (TPSA) is 9.23 Å². The van der Waals surface area contributed by atoms with Crippen LogP contribution in [-0.4, -0.2) is 13.7 Å². The van der Waals surface area contributed by atoms with Crippen molar-refractivity contribution in [3.63, 3.8) is 0 Å². The van der Waals surface area contributed by atoms with Crippen molar-refractivity contribution >= 4 is 6.08 Å². The molecule has 12 heavy (non-hydrogen) atoms. The maximum Gasteiger partial charge on any atom is 0.0496 e. The number of ether oxygens (including phenoxy) is 1. The van der Waals surface area contributed by atoms with E-state index in [1.165, 1.54) is 5.56 Å². The summed E-state index contributed by atoms with van der Waals surface area (Å²) >= 11 is 0. The highest BCUT2D eigenvalue weighted by atomic mass is 16.5. The summed E-state index contributed by atoms with van der Waals surface area (Å²) in [5, 5.41) is 0. The fourth-order valence-corrected chi connectivity index (χ4v) is 0.969. The third-order valence-corrected chi connectivity index (χ3v) is 1.60. The van der Waals surface area contributed by atoms with Gasteiger partial charge in [0.25, 0.3) is 0 Å². The molecule has 0 saturated heterocycles. The van der Waals surface area contributed by atoms with E-state index in [9.17, 15) is 0 Å². The van der Waals surface area contributed by atoms with Crippen molar-refractivity contribution < 1.29 is 4.74 Å². The van der Waals surface area contributed by atoms with Crippen LogP contribution < -0.4 is 0 Å².